The van der Waals surface area contributed by atoms with Crippen molar-refractivity contribution in [2.75, 3.05) is 37.8 Å². The number of benzene rings is 2. The van der Waals surface area contributed by atoms with Gasteiger partial charge in [0.05, 0.1) is 36.6 Å². The molecule has 0 saturated heterocycles. The van der Waals surface area contributed by atoms with Crippen molar-refractivity contribution in [2.45, 2.75) is 18.2 Å². The Kier molecular flexibility index (Phi) is 7.04. The van der Waals surface area contributed by atoms with Crippen molar-refractivity contribution >= 4 is 44.4 Å². The predicted molar refractivity (Wildman–Crippen MR) is 116 cm³/mol. The van der Waals surface area contributed by atoms with E-state index in [0.29, 0.717) is 17.4 Å². The molecule has 0 bridgehead atoms. The molecule has 0 atom stereocenters. The number of thioether (sulfide) groups is 1. The molecule has 1 aromatic heterocycles. The molecule has 1 N–H and O–H groups in total. The van der Waals surface area contributed by atoms with Gasteiger partial charge in [-0.25, -0.2) is 9.37 Å². The lowest BCUT2D eigenvalue weighted by Crippen LogP contribution is -3.05. The largest absolute Gasteiger partial charge is 0.340 e. The first kappa shape index (κ1) is 20.8. The Morgan fingerprint density at radius 1 is 1.21 bits per heavy atom. The van der Waals surface area contributed by atoms with Crippen LogP contribution >= 0.6 is 23.1 Å². The molecule has 0 aliphatic rings. The number of nitrogens with one attached hydrogen (secondary N) is 1. The van der Waals surface area contributed by atoms with Crippen molar-refractivity contribution in [3.05, 3.63) is 53.8 Å². The van der Waals surface area contributed by atoms with Crippen molar-refractivity contribution in [2.24, 2.45) is 0 Å². The van der Waals surface area contributed by atoms with Gasteiger partial charge in [-0.1, -0.05) is 29.0 Å². The first-order chi connectivity index (χ1) is 13.4. The van der Waals surface area contributed by atoms with Crippen LogP contribution < -0.4 is 9.80 Å². The maximum absolute atomic E-state index is 13.5. The number of carbonyl (C=O) groups is 1. The van der Waals surface area contributed by atoms with Crippen LogP contribution in [0.5, 0.6) is 0 Å². The second-order valence-electron chi connectivity index (χ2n) is 7.07. The summed E-state index contributed by atoms with van der Waals surface area (Å²) in [6.07, 6.45) is 0.882. The summed E-state index contributed by atoms with van der Waals surface area (Å²) < 4.78 is 14.3. The van der Waals surface area contributed by atoms with Crippen LogP contribution in [0.3, 0.4) is 0 Å². The van der Waals surface area contributed by atoms with Crippen LogP contribution in [0.2, 0.25) is 0 Å². The topological polar surface area (TPSA) is 37.6 Å². The molecule has 3 rings (SSSR count). The second-order valence-corrected chi connectivity index (χ2v) is 9.12. The molecule has 148 valence electrons. The molecular weight excluding hydrogens is 393 g/mol. The van der Waals surface area contributed by atoms with E-state index in [4.69, 9.17) is 0 Å². The van der Waals surface area contributed by atoms with E-state index in [2.05, 4.69) is 19.1 Å². The lowest BCUT2D eigenvalue weighted by molar-refractivity contribution is -0.858. The van der Waals surface area contributed by atoms with E-state index in [1.807, 2.05) is 31.2 Å². The zero-order chi connectivity index (χ0) is 20.1. The molecule has 0 spiro atoms. The molecule has 1 amide bonds. The van der Waals surface area contributed by atoms with Gasteiger partial charge in [0.2, 0.25) is 5.91 Å². The van der Waals surface area contributed by atoms with E-state index in [9.17, 15) is 9.18 Å². The summed E-state index contributed by atoms with van der Waals surface area (Å²) in [5.41, 5.74) is 1.92. The molecule has 0 unspecified atom stereocenters. The summed E-state index contributed by atoms with van der Waals surface area (Å²) in [6, 6.07) is 12.7. The summed E-state index contributed by atoms with van der Waals surface area (Å²) in [5, 5.41) is 0.642. The molecule has 0 aliphatic heterocycles. The van der Waals surface area contributed by atoms with Crippen LogP contribution in [-0.4, -0.2) is 43.8 Å². The minimum Gasteiger partial charge on any atom is -0.340 e. The highest BCUT2D eigenvalue weighted by molar-refractivity contribution is 8.00. The highest BCUT2D eigenvalue weighted by atomic mass is 32.2. The average molecular weight is 419 g/mol. The number of rotatable bonds is 8. The zero-order valence-corrected chi connectivity index (χ0v) is 18.0. The summed E-state index contributed by atoms with van der Waals surface area (Å²) in [7, 11) is 4.19. The number of fused-ring (bicyclic) bond motifs is 1. The van der Waals surface area contributed by atoms with Gasteiger partial charge < -0.3 is 4.90 Å². The number of nitrogens with zero attached hydrogens (tertiary/aromatic N) is 2. The number of aryl methyl sites for hydroxylation is 1. The summed E-state index contributed by atoms with van der Waals surface area (Å²) in [6.45, 7) is 3.62. The quantitative estimate of drug-likeness (QED) is 0.570. The Balaban J connectivity index is 1.76. The lowest BCUT2D eigenvalue weighted by atomic mass is 10.2. The number of aromatic nitrogens is 1. The van der Waals surface area contributed by atoms with Gasteiger partial charge in [-0.15, -0.1) is 11.8 Å². The van der Waals surface area contributed by atoms with Gasteiger partial charge in [0.15, 0.2) is 5.13 Å². The maximum Gasteiger partial charge on any atom is 0.239 e. The highest BCUT2D eigenvalue weighted by Crippen LogP contribution is 2.30. The Hall–Kier alpha value is -1.96. The second kappa shape index (κ2) is 9.49. The van der Waals surface area contributed by atoms with E-state index >= 15 is 0 Å². The summed E-state index contributed by atoms with van der Waals surface area (Å²) in [5.74, 6) is 0.0906. The van der Waals surface area contributed by atoms with E-state index < -0.39 is 0 Å². The van der Waals surface area contributed by atoms with Gasteiger partial charge in [0.25, 0.3) is 0 Å². The average Bonchev–Trinajstić information content (AvgIpc) is 3.07. The van der Waals surface area contributed by atoms with Crippen LogP contribution in [0.1, 0.15) is 12.0 Å². The molecule has 4 nitrogen and oxygen atoms in total. The fourth-order valence-corrected chi connectivity index (χ4v) is 4.59. The van der Waals surface area contributed by atoms with E-state index in [1.54, 1.807) is 11.0 Å². The van der Waals surface area contributed by atoms with Crippen LogP contribution in [0.15, 0.2) is 47.4 Å². The number of quaternary nitrogens is 1. The fraction of sp³-hybridized carbons (Fsp3) is 0.333. The Morgan fingerprint density at radius 3 is 2.68 bits per heavy atom. The number of carbonyl (C=O) groups excluding carboxylic acids is 1. The zero-order valence-electron chi connectivity index (χ0n) is 16.4. The van der Waals surface area contributed by atoms with Crippen molar-refractivity contribution in [3.8, 4) is 0 Å². The molecule has 0 fully saturated rings. The molecular formula is C21H25FN3OS2+. The molecule has 2 aromatic carbocycles. The van der Waals surface area contributed by atoms with Gasteiger partial charge in [-0.2, -0.15) is 0 Å². The number of amides is 1. The maximum atomic E-state index is 13.5. The lowest BCUT2D eigenvalue weighted by Gasteiger charge is -2.20. The first-order valence-corrected chi connectivity index (χ1v) is 11.1. The minimum atomic E-state index is -0.285. The van der Waals surface area contributed by atoms with E-state index in [-0.39, 0.29) is 11.7 Å². The Morgan fingerprint density at radius 2 is 1.96 bits per heavy atom. The van der Waals surface area contributed by atoms with Gasteiger partial charge in [-0.05, 0) is 37.3 Å². The number of hydrogen-bond acceptors (Lipinski definition) is 4. The van der Waals surface area contributed by atoms with Crippen LogP contribution in [0.25, 0.3) is 10.2 Å². The van der Waals surface area contributed by atoms with Gasteiger partial charge in [0.1, 0.15) is 5.82 Å². The van der Waals surface area contributed by atoms with Crippen molar-refractivity contribution < 1.29 is 14.1 Å². The number of hydrogen-bond donors (Lipinski definition) is 1. The SMILES string of the molecule is Cc1ccc(SCC(=O)N(CCC[NH+](C)C)c2nc3ccc(F)cc3s2)cc1. The number of halogens is 1. The smallest absolute Gasteiger partial charge is 0.239 e. The Labute approximate surface area is 173 Å². The molecule has 0 radical (unpaired) electrons. The molecule has 3 aromatic rings. The number of anilines is 1. The van der Waals surface area contributed by atoms with Crippen LogP contribution in [0, 0.1) is 12.7 Å². The normalized spacial score (nSPS) is 11.3. The van der Waals surface area contributed by atoms with Crippen molar-refractivity contribution in [1.82, 2.24) is 4.98 Å². The van der Waals surface area contributed by atoms with E-state index in [1.165, 1.54) is 45.7 Å². The third-order valence-corrected chi connectivity index (χ3v) is 6.35. The predicted octanol–water partition coefficient (Wildman–Crippen LogP) is 3.40. The van der Waals surface area contributed by atoms with Gasteiger partial charge >= 0.3 is 0 Å². The van der Waals surface area contributed by atoms with Crippen molar-refractivity contribution in [3.63, 3.8) is 0 Å². The third-order valence-electron chi connectivity index (χ3n) is 4.31. The number of thiazole rings is 1. The first-order valence-electron chi connectivity index (χ1n) is 9.27. The van der Waals surface area contributed by atoms with Gasteiger partial charge in [0, 0.05) is 17.9 Å². The van der Waals surface area contributed by atoms with Crippen LogP contribution in [0.4, 0.5) is 9.52 Å². The third kappa shape index (κ3) is 5.53. The highest BCUT2D eigenvalue weighted by Gasteiger charge is 2.20. The standard InChI is InChI=1S/C21H24FN3OS2/c1-15-5-8-17(9-6-15)27-14-20(26)25(12-4-11-24(2)3)21-23-18-10-7-16(22)13-19(18)28-21/h5-10,13H,4,11-12,14H2,1-3H3/p+1. The molecule has 0 saturated carbocycles. The monoisotopic (exact) mass is 418 g/mol. The summed E-state index contributed by atoms with van der Waals surface area (Å²) >= 11 is 2.90. The van der Waals surface area contributed by atoms with Crippen molar-refractivity contribution in [1.29, 1.82) is 0 Å². The summed E-state index contributed by atoms with van der Waals surface area (Å²) in [4.78, 5) is 21.7. The van der Waals surface area contributed by atoms with Crippen LogP contribution in [-0.2, 0) is 4.79 Å². The molecule has 7 heteroatoms. The van der Waals surface area contributed by atoms with Gasteiger partial charge in [-0.3, -0.25) is 9.69 Å². The molecule has 1 heterocycles. The molecule has 28 heavy (non-hydrogen) atoms. The Bertz CT molecular complexity index is 940. The van der Waals surface area contributed by atoms with E-state index in [0.717, 1.165) is 28.1 Å². The fourth-order valence-electron chi connectivity index (χ4n) is 2.78. The molecule has 0 aliphatic carbocycles. The minimum absolute atomic E-state index is 0.0267.